The van der Waals surface area contributed by atoms with Crippen molar-refractivity contribution in [3.05, 3.63) is 30.3 Å². The Morgan fingerprint density at radius 3 is 2.79 bits per heavy atom. The molecule has 2 unspecified atom stereocenters. The second kappa shape index (κ2) is 6.57. The molecule has 0 aliphatic carbocycles. The largest absolute Gasteiger partial charge is 0.481 e. The number of hydrogen-bond donors (Lipinski definition) is 1. The van der Waals surface area contributed by atoms with E-state index in [-0.39, 0.29) is 12.5 Å². The van der Waals surface area contributed by atoms with Gasteiger partial charge in [0.05, 0.1) is 12.5 Å². The van der Waals surface area contributed by atoms with Gasteiger partial charge in [-0.2, -0.15) is 0 Å². The molecule has 2 atom stereocenters. The summed E-state index contributed by atoms with van der Waals surface area (Å²) in [5.74, 6) is -0.749. The predicted molar refractivity (Wildman–Crippen MR) is 74.5 cm³/mol. The van der Waals surface area contributed by atoms with Crippen LogP contribution >= 0.6 is 0 Å². The number of carboxylic acids is 1. The number of benzene rings is 1. The van der Waals surface area contributed by atoms with Crippen LogP contribution in [0.25, 0.3) is 0 Å². The minimum Gasteiger partial charge on any atom is -0.481 e. The summed E-state index contributed by atoms with van der Waals surface area (Å²) in [6.45, 7) is 3.38. The zero-order valence-corrected chi connectivity index (χ0v) is 11.3. The van der Waals surface area contributed by atoms with E-state index < -0.39 is 5.97 Å². The maximum absolute atomic E-state index is 10.8. The first kappa shape index (κ1) is 13.9. The molecule has 1 saturated heterocycles. The summed E-state index contributed by atoms with van der Waals surface area (Å²) in [6.07, 6.45) is 2.32. The topological polar surface area (TPSA) is 49.8 Å². The van der Waals surface area contributed by atoms with Crippen molar-refractivity contribution in [1.29, 1.82) is 0 Å². The molecule has 19 heavy (non-hydrogen) atoms. The number of para-hydroxylation sites is 1. The Morgan fingerprint density at radius 1 is 1.42 bits per heavy atom. The smallest absolute Gasteiger partial charge is 0.305 e. The van der Waals surface area contributed by atoms with E-state index >= 15 is 0 Å². The van der Waals surface area contributed by atoms with E-state index in [2.05, 4.69) is 11.8 Å². The van der Waals surface area contributed by atoms with Crippen LogP contribution in [0.5, 0.6) is 0 Å². The Bertz CT molecular complexity index is 407. The first-order valence-electron chi connectivity index (χ1n) is 6.82. The Labute approximate surface area is 114 Å². The highest BCUT2D eigenvalue weighted by atomic mass is 16.5. The standard InChI is InChI=1S/C15H21NO3/c1-12-11-14(8-10-19-12)16(9-7-15(17)18)13-5-3-2-4-6-13/h2-6,12,14H,7-11H2,1H3,(H,17,18). The minimum atomic E-state index is -0.749. The van der Waals surface area contributed by atoms with Crippen molar-refractivity contribution in [3.63, 3.8) is 0 Å². The van der Waals surface area contributed by atoms with Gasteiger partial charge in [-0.3, -0.25) is 4.79 Å². The van der Waals surface area contributed by atoms with Gasteiger partial charge in [-0.1, -0.05) is 18.2 Å². The van der Waals surface area contributed by atoms with Gasteiger partial charge < -0.3 is 14.7 Å². The molecule has 1 heterocycles. The van der Waals surface area contributed by atoms with E-state index in [0.29, 0.717) is 12.6 Å². The van der Waals surface area contributed by atoms with Gasteiger partial charge in [0, 0.05) is 24.9 Å². The summed E-state index contributed by atoms with van der Waals surface area (Å²) < 4.78 is 5.58. The fraction of sp³-hybridized carbons (Fsp3) is 0.533. The Balaban J connectivity index is 2.11. The molecule has 2 rings (SSSR count). The van der Waals surface area contributed by atoms with Crippen LogP contribution in [0.3, 0.4) is 0 Å². The van der Waals surface area contributed by atoms with E-state index in [1.54, 1.807) is 0 Å². The monoisotopic (exact) mass is 263 g/mol. The molecule has 104 valence electrons. The van der Waals surface area contributed by atoms with Gasteiger partial charge in [0.2, 0.25) is 0 Å². The van der Waals surface area contributed by atoms with Gasteiger partial charge in [0.15, 0.2) is 0 Å². The van der Waals surface area contributed by atoms with Crippen molar-refractivity contribution in [1.82, 2.24) is 0 Å². The predicted octanol–water partition coefficient (Wildman–Crippen LogP) is 2.54. The van der Waals surface area contributed by atoms with Crippen LogP contribution in [0, 0.1) is 0 Å². The van der Waals surface area contributed by atoms with Gasteiger partial charge in [-0.25, -0.2) is 0 Å². The first-order chi connectivity index (χ1) is 9.16. The van der Waals surface area contributed by atoms with E-state index in [1.165, 1.54) is 0 Å². The van der Waals surface area contributed by atoms with Crippen LogP contribution in [0.1, 0.15) is 26.2 Å². The molecule has 4 heteroatoms. The van der Waals surface area contributed by atoms with Gasteiger partial charge in [-0.15, -0.1) is 0 Å². The van der Waals surface area contributed by atoms with Crippen LogP contribution in [0.15, 0.2) is 30.3 Å². The lowest BCUT2D eigenvalue weighted by Gasteiger charge is -2.38. The number of ether oxygens (including phenoxy) is 1. The van der Waals surface area contributed by atoms with Crippen LogP contribution in [-0.2, 0) is 9.53 Å². The molecule has 0 amide bonds. The SMILES string of the molecule is CC1CC(N(CCC(=O)O)c2ccccc2)CCO1. The normalized spacial score (nSPS) is 23.0. The highest BCUT2D eigenvalue weighted by molar-refractivity contribution is 5.67. The molecule has 0 spiro atoms. The molecule has 4 nitrogen and oxygen atoms in total. The lowest BCUT2D eigenvalue weighted by atomic mass is 10.0. The summed E-state index contributed by atoms with van der Waals surface area (Å²) in [4.78, 5) is 13.0. The highest BCUT2D eigenvalue weighted by Gasteiger charge is 2.25. The quantitative estimate of drug-likeness (QED) is 0.887. The zero-order valence-electron chi connectivity index (χ0n) is 11.3. The molecule has 1 N–H and O–H groups in total. The maximum atomic E-state index is 10.8. The average Bonchev–Trinajstić information content (AvgIpc) is 2.40. The zero-order chi connectivity index (χ0) is 13.7. The average molecular weight is 263 g/mol. The number of carbonyl (C=O) groups is 1. The van der Waals surface area contributed by atoms with E-state index in [1.807, 2.05) is 30.3 Å². The van der Waals surface area contributed by atoms with Gasteiger partial charge in [0.25, 0.3) is 0 Å². The number of aliphatic carboxylic acids is 1. The minimum absolute atomic E-state index is 0.167. The fourth-order valence-electron chi connectivity index (χ4n) is 2.62. The van der Waals surface area contributed by atoms with Crippen molar-refractivity contribution >= 4 is 11.7 Å². The van der Waals surface area contributed by atoms with Crippen LogP contribution in [-0.4, -0.2) is 36.4 Å². The molecule has 0 radical (unpaired) electrons. The molecule has 0 aromatic heterocycles. The Kier molecular flexibility index (Phi) is 4.80. The molecular formula is C15H21NO3. The van der Waals surface area contributed by atoms with E-state index in [4.69, 9.17) is 9.84 Å². The van der Waals surface area contributed by atoms with Gasteiger partial charge in [-0.05, 0) is 31.9 Å². The summed E-state index contributed by atoms with van der Waals surface area (Å²) in [7, 11) is 0. The number of carboxylic acid groups (broad SMARTS) is 1. The third-order valence-electron chi connectivity index (χ3n) is 3.55. The third kappa shape index (κ3) is 3.96. The second-order valence-electron chi connectivity index (χ2n) is 5.03. The van der Waals surface area contributed by atoms with Crippen molar-refractivity contribution < 1.29 is 14.6 Å². The van der Waals surface area contributed by atoms with Crippen LogP contribution in [0.2, 0.25) is 0 Å². The Morgan fingerprint density at radius 2 is 2.16 bits per heavy atom. The molecule has 1 aromatic rings. The third-order valence-corrected chi connectivity index (χ3v) is 3.55. The number of nitrogens with zero attached hydrogens (tertiary/aromatic N) is 1. The van der Waals surface area contributed by atoms with Crippen LogP contribution < -0.4 is 4.90 Å². The van der Waals surface area contributed by atoms with Crippen LogP contribution in [0.4, 0.5) is 5.69 Å². The van der Waals surface area contributed by atoms with Crippen molar-refractivity contribution in [2.75, 3.05) is 18.1 Å². The molecular weight excluding hydrogens is 242 g/mol. The lowest BCUT2D eigenvalue weighted by molar-refractivity contribution is -0.136. The molecule has 1 aliphatic rings. The lowest BCUT2D eigenvalue weighted by Crippen LogP contribution is -2.42. The number of rotatable bonds is 5. The molecule has 1 aromatic carbocycles. The highest BCUT2D eigenvalue weighted by Crippen LogP contribution is 2.25. The fourth-order valence-corrected chi connectivity index (χ4v) is 2.62. The second-order valence-corrected chi connectivity index (χ2v) is 5.03. The molecule has 1 aliphatic heterocycles. The first-order valence-corrected chi connectivity index (χ1v) is 6.82. The maximum Gasteiger partial charge on any atom is 0.305 e. The van der Waals surface area contributed by atoms with E-state index in [0.717, 1.165) is 25.1 Å². The van der Waals surface area contributed by atoms with Gasteiger partial charge >= 0.3 is 5.97 Å². The van der Waals surface area contributed by atoms with Gasteiger partial charge in [0.1, 0.15) is 0 Å². The van der Waals surface area contributed by atoms with Crippen molar-refractivity contribution in [2.24, 2.45) is 0 Å². The summed E-state index contributed by atoms with van der Waals surface area (Å²) in [5, 5.41) is 8.91. The van der Waals surface area contributed by atoms with Crippen molar-refractivity contribution in [2.45, 2.75) is 38.3 Å². The summed E-state index contributed by atoms with van der Waals surface area (Å²) in [5.41, 5.74) is 1.10. The number of hydrogen-bond acceptors (Lipinski definition) is 3. The number of anilines is 1. The summed E-state index contributed by atoms with van der Waals surface area (Å²) >= 11 is 0. The summed E-state index contributed by atoms with van der Waals surface area (Å²) in [6, 6.07) is 10.4. The molecule has 0 bridgehead atoms. The Hall–Kier alpha value is -1.55. The van der Waals surface area contributed by atoms with Crippen molar-refractivity contribution in [3.8, 4) is 0 Å². The molecule has 1 fully saturated rings. The van der Waals surface area contributed by atoms with E-state index in [9.17, 15) is 4.79 Å². The molecule has 0 saturated carbocycles.